The molecule has 0 radical (unpaired) electrons. The average Bonchev–Trinajstić information content (AvgIpc) is 3.24. The van der Waals surface area contributed by atoms with E-state index in [9.17, 15) is 0 Å². The molecule has 0 unspecified atom stereocenters. The largest absolute Gasteiger partial charge is 0.133 e. The third-order valence-corrected chi connectivity index (χ3v) is 11.5. The molecule has 0 spiro atoms. The Morgan fingerprint density at radius 3 is 1.58 bits per heavy atom. The van der Waals surface area contributed by atoms with Crippen molar-refractivity contribution in [2.75, 3.05) is 0 Å². The molecule has 4 aromatic rings. The minimum atomic E-state index is -1.26. The maximum absolute atomic E-state index is 6.38. The van der Waals surface area contributed by atoms with E-state index in [4.69, 9.17) is 23.2 Å². The third-order valence-electron chi connectivity index (χ3n) is 4.74. The maximum Gasteiger partial charge on any atom is 0.102 e. The van der Waals surface area contributed by atoms with Crippen molar-refractivity contribution in [3.63, 3.8) is 0 Å². The van der Waals surface area contributed by atoms with Gasteiger partial charge in [-0.25, -0.2) is 0 Å². The topological polar surface area (TPSA) is 0 Å². The van der Waals surface area contributed by atoms with Gasteiger partial charge < -0.3 is 0 Å². The van der Waals surface area contributed by atoms with Crippen molar-refractivity contribution in [2.45, 2.75) is 33.5 Å². The van der Waals surface area contributed by atoms with E-state index in [1.54, 1.807) is 22.7 Å². The van der Waals surface area contributed by atoms with Crippen molar-refractivity contribution in [2.24, 2.45) is 0 Å². The molecule has 0 N–H and O–H groups in total. The van der Waals surface area contributed by atoms with Crippen LogP contribution < -0.4 is 4.50 Å². The molecule has 2 aromatic heterocycles. The van der Waals surface area contributed by atoms with Crippen molar-refractivity contribution in [1.82, 2.24) is 0 Å². The van der Waals surface area contributed by atoms with Crippen LogP contribution in [0.4, 0.5) is 0 Å². The normalized spacial score (nSPS) is 11.2. The van der Waals surface area contributed by atoms with E-state index < -0.39 is 8.07 Å². The summed E-state index contributed by atoms with van der Waals surface area (Å²) in [6, 6.07) is 21.2. The van der Waals surface area contributed by atoms with Gasteiger partial charge in [-0.15, -0.1) is 22.7 Å². The van der Waals surface area contributed by atoms with Crippen LogP contribution in [0.5, 0.6) is 0 Å². The first kappa shape index (κ1) is 24.8. The molecule has 0 bridgehead atoms. The Morgan fingerprint density at radius 1 is 0.710 bits per heavy atom. The Morgan fingerprint density at radius 2 is 1.19 bits per heavy atom. The van der Waals surface area contributed by atoms with E-state index in [2.05, 4.69) is 104 Å². The lowest BCUT2D eigenvalue weighted by molar-refractivity contribution is 1.47. The van der Waals surface area contributed by atoms with Crippen molar-refractivity contribution in [3.05, 3.63) is 84.2 Å². The fourth-order valence-corrected chi connectivity index (χ4v) is 8.51. The molecule has 2 aromatic carbocycles. The minimum Gasteiger partial charge on any atom is -0.133 e. The zero-order chi connectivity index (χ0) is 22.8. The fourth-order valence-electron chi connectivity index (χ4n) is 3.10. The van der Waals surface area contributed by atoms with Crippen molar-refractivity contribution in [3.8, 4) is 22.3 Å². The number of hydrogen-bond donors (Lipinski definition) is 0. The lowest BCUT2D eigenvalue weighted by Gasteiger charge is -2.12. The van der Waals surface area contributed by atoms with Crippen molar-refractivity contribution < 1.29 is 0 Å². The fraction of sp³-hybridized carbons (Fsp3) is 0.200. The Labute approximate surface area is 213 Å². The molecule has 0 aliphatic heterocycles. The zero-order valence-electron chi connectivity index (χ0n) is 18.2. The van der Waals surface area contributed by atoms with Gasteiger partial charge in [0, 0.05) is 11.1 Å². The van der Waals surface area contributed by atoms with Crippen LogP contribution in [0.3, 0.4) is 0 Å². The van der Waals surface area contributed by atoms with Gasteiger partial charge in [-0.3, -0.25) is 0 Å². The van der Waals surface area contributed by atoms with Gasteiger partial charge >= 0.3 is 0 Å². The second-order valence-electron chi connectivity index (χ2n) is 8.52. The summed E-state index contributed by atoms with van der Waals surface area (Å²) in [7, 11) is -1.26. The Bertz CT molecular complexity index is 1190. The smallest absolute Gasteiger partial charge is 0.102 e. The van der Waals surface area contributed by atoms with Crippen molar-refractivity contribution >= 4 is 74.4 Å². The first-order valence-corrected chi connectivity index (χ1v) is 16.6. The summed E-state index contributed by atoms with van der Waals surface area (Å²) in [5.41, 5.74) is 7.23. The van der Waals surface area contributed by atoms with Gasteiger partial charge in [-0.2, -0.15) is 0 Å². The number of rotatable bonds is 3. The second kappa shape index (κ2) is 10.4. The molecule has 0 fully saturated rings. The molecule has 2 heterocycles. The summed E-state index contributed by atoms with van der Waals surface area (Å²) in [5.74, 6) is 0. The highest BCUT2D eigenvalue weighted by Gasteiger charge is 2.21. The molecule has 0 aliphatic rings. The summed E-state index contributed by atoms with van der Waals surface area (Å²) in [5, 5.41) is 0. The molecule has 0 saturated carbocycles. The van der Waals surface area contributed by atoms with E-state index >= 15 is 0 Å². The summed E-state index contributed by atoms with van der Waals surface area (Å²) >= 11 is 19.2. The minimum absolute atomic E-state index is 0.836. The standard InChI is InChI=1S/C14H17ClSSi.C11H8BrClS/c1-10-6-5-7-11(8-10)12-9-13(16-14(12)15)17(2,3)4;1-7-3-2-4-8(5-7)9-6-10(12)14-11(9)13/h5-9H,1-4H3;2-6H,1H3. The predicted molar refractivity (Wildman–Crippen MR) is 150 cm³/mol. The molecule has 0 amide bonds. The van der Waals surface area contributed by atoms with Gasteiger partial charge in [-0.05, 0) is 57.5 Å². The summed E-state index contributed by atoms with van der Waals surface area (Å²) in [6.45, 7) is 11.3. The average molecular weight is 569 g/mol. The SMILES string of the molecule is Cc1cccc(-c2cc(Br)sc2Cl)c1.Cc1cccc(-c2cc([Si](C)(C)C)sc2Cl)c1. The van der Waals surface area contributed by atoms with Crippen LogP contribution in [0.25, 0.3) is 22.3 Å². The number of halogens is 3. The zero-order valence-corrected chi connectivity index (χ0v) is 24.0. The van der Waals surface area contributed by atoms with Gasteiger partial charge in [0.1, 0.15) is 8.67 Å². The van der Waals surface area contributed by atoms with Crippen LogP contribution in [-0.2, 0) is 0 Å². The van der Waals surface area contributed by atoms with Crippen LogP contribution in [0.1, 0.15) is 11.1 Å². The molecule has 162 valence electrons. The lowest BCUT2D eigenvalue weighted by atomic mass is 10.1. The van der Waals surface area contributed by atoms with Gasteiger partial charge in [-0.1, -0.05) is 103 Å². The van der Waals surface area contributed by atoms with E-state index in [1.165, 1.54) is 32.3 Å². The molecular formula is C25H25BrCl2S2Si. The molecule has 0 nitrogen and oxygen atoms in total. The number of aryl methyl sites for hydroxylation is 2. The lowest BCUT2D eigenvalue weighted by Crippen LogP contribution is -2.34. The first-order valence-electron chi connectivity index (χ1n) is 9.93. The molecule has 4 rings (SSSR count). The molecular weight excluding hydrogens is 543 g/mol. The highest BCUT2D eigenvalue weighted by Crippen LogP contribution is 2.38. The summed E-state index contributed by atoms with van der Waals surface area (Å²) in [4.78, 5) is 0. The van der Waals surface area contributed by atoms with Crippen LogP contribution in [-0.4, -0.2) is 8.07 Å². The molecule has 0 saturated heterocycles. The molecule has 31 heavy (non-hydrogen) atoms. The first-order chi connectivity index (χ1) is 14.5. The van der Waals surface area contributed by atoms with Crippen molar-refractivity contribution in [1.29, 1.82) is 0 Å². The van der Waals surface area contributed by atoms with E-state index in [0.717, 1.165) is 18.0 Å². The van der Waals surface area contributed by atoms with Crippen LogP contribution in [0.15, 0.2) is 64.5 Å². The molecule has 0 atom stereocenters. The quantitative estimate of drug-likeness (QED) is 0.216. The van der Waals surface area contributed by atoms with Crippen LogP contribution in [0.2, 0.25) is 28.3 Å². The maximum atomic E-state index is 6.38. The Kier molecular flexibility index (Phi) is 8.28. The van der Waals surface area contributed by atoms with Gasteiger partial charge in [0.15, 0.2) is 0 Å². The van der Waals surface area contributed by atoms with Gasteiger partial charge in [0.05, 0.1) is 11.9 Å². The van der Waals surface area contributed by atoms with Gasteiger partial charge in [0.2, 0.25) is 0 Å². The highest BCUT2D eigenvalue weighted by atomic mass is 79.9. The van der Waals surface area contributed by atoms with Crippen LogP contribution in [0, 0.1) is 13.8 Å². The molecule has 6 heteroatoms. The predicted octanol–water partition coefficient (Wildman–Crippen LogP) is 10.1. The summed E-state index contributed by atoms with van der Waals surface area (Å²) < 4.78 is 4.30. The highest BCUT2D eigenvalue weighted by molar-refractivity contribution is 9.11. The second-order valence-corrected chi connectivity index (χ2v) is 18.6. The summed E-state index contributed by atoms with van der Waals surface area (Å²) in [6.07, 6.45) is 0. The Balaban J connectivity index is 0.000000179. The van der Waals surface area contributed by atoms with E-state index in [1.807, 2.05) is 6.07 Å². The van der Waals surface area contributed by atoms with Crippen LogP contribution >= 0.6 is 61.8 Å². The van der Waals surface area contributed by atoms with E-state index in [0.29, 0.717) is 0 Å². The molecule has 0 aliphatic carbocycles. The monoisotopic (exact) mass is 566 g/mol. The Hall–Kier alpha value is -0.883. The van der Waals surface area contributed by atoms with Gasteiger partial charge in [0.25, 0.3) is 0 Å². The number of hydrogen-bond acceptors (Lipinski definition) is 2. The third kappa shape index (κ3) is 6.56. The number of thiophene rings is 2. The van der Waals surface area contributed by atoms with E-state index in [-0.39, 0.29) is 0 Å². The number of benzene rings is 2.